The number of nitrogens with zero attached hydrogens (tertiary/aromatic N) is 1. The Kier molecular flexibility index (Phi) is 3.04. The average molecular weight is 279 g/mol. The number of hydrogen-bond acceptors (Lipinski definition) is 2. The molecule has 1 atom stereocenters. The van der Waals surface area contributed by atoms with Crippen LogP contribution in [0.15, 0.2) is 24.3 Å². The normalized spacial score (nSPS) is 22.0. The lowest BCUT2D eigenvalue weighted by atomic mass is 10.1. The van der Waals surface area contributed by atoms with Crippen molar-refractivity contribution < 1.29 is 21.6 Å². The standard InChI is InChI=1S/C11H12F3NO2S/c1-2-15-9-6-4-3-5-8(9)10(18(15,16)17)7-11(12,13)14/h3-6,10H,2,7H2,1H3. The third kappa shape index (κ3) is 2.07. The van der Waals surface area contributed by atoms with Gasteiger partial charge in [-0.1, -0.05) is 18.2 Å². The molecule has 1 unspecified atom stereocenters. The minimum absolute atomic E-state index is 0.133. The molecule has 0 spiro atoms. The molecular formula is C11H12F3NO2S. The fourth-order valence-corrected chi connectivity index (χ4v) is 4.24. The SMILES string of the molecule is CCN1c2ccccc2C(CC(F)(F)F)S1(=O)=O. The van der Waals surface area contributed by atoms with Crippen LogP contribution in [-0.4, -0.2) is 21.1 Å². The fraction of sp³-hybridized carbons (Fsp3) is 0.455. The minimum atomic E-state index is -4.51. The predicted molar refractivity (Wildman–Crippen MR) is 61.8 cm³/mol. The highest BCUT2D eigenvalue weighted by Gasteiger charge is 2.47. The molecule has 1 aromatic carbocycles. The van der Waals surface area contributed by atoms with Gasteiger partial charge in [0.15, 0.2) is 0 Å². The van der Waals surface area contributed by atoms with Crippen molar-refractivity contribution in [2.75, 3.05) is 10.8 Å². The first-order chi connectivity index (χ1) is 8.27. The molecule has 1 aromatic rings. The maximum Gasteiger partial charge on any atom is 0.390 e. The van der Waals surface area contributed by atoms with Crippen LogP contribution in [0.3, 0.4) is 0 Å². The topological polar surface area (TPSA) is 37.4 Å². The molecule has 18 heavy (non-hydrogen) atoms. The average Bonchev–Trinajstić information content (AvgIpc) is 2.45. The van der Waals surface area contributed by atoms with Crippen LogP contribution in [0.2, 0.25) is 0 Å². The van der Waals surface area contributed by atoms with Crippen LogP contribution in [0.1, 0.15) is 24.2 Å². The first-order valence-electron chi connectivity index (χ1n) is 5.44. The van der Waals surface area contributed by atoms with Crippen LogP contribution in [0, 0.1) is 0 Å². The Morgan fingerprint density at radius 3 is 2.44 bits per heavy atom. The van der Waals surface area contributed by atoms with Crippen molar-refractivity contribution in [1.82, 2.24) is 0 Å². The molecule has 7 heteroatoms. The van der Waals surface area contributed by atoms with E-state index in [2.05, 4.69) is 0 Å². The van der Waals surface area contributed by atoms with E-state index >= 15 is 0 Å². The van der Waals surface area contributed by atoms with Crippen LogP contribution < -0.4 is 4.31 Å². The van der Waals surface area contributed by atoms with Gasteiger partial charge in [0.1, 0.15) is 5.25 Å². The van der Waals surface area contributed by atoms with E-state index in [0.29, 0.717) is 5.69 Å². The van der Waals surface area contributed by atoms with Crippen LogP contribution >= 0.6 is 0 Å². The Bertz CT molecular complexity index is 554. The van der Waals surface area contributed by atoms with Gasteiger partial charge in [0.2, 0.25) is 10.0 Å². The number of para-hydroxylation sites is 1. The molecule has 1 aliphatic rings. The maximum absolute atomic E-state index is 12.5. The first kappa shape index (κ1) is 13.2. The quantitative estimate of drug-likeness (QED) is 0.834. The van der Waals surface area contributed by atoms with Crippen molar-refractivity contribution in [3.8, 4) is 0 Å². The van der Waals surface area contributed by atoms with Crippen molar-refractivity contribution >= 4 is 15.7 Å². The molecule has 1 heterocycles. The number of hydrogen-bond donors (Lipinski definition) is 0. The Balaban J connectivity index is 2.53. The zero-order valence-corrected chi connectivity index (χ0v) is 10.4. The van der Waals surface area contributed by atoms with Gasteiger partial charge in [-0.2, -0.15) is 13.2 Å². The maximum atomic E-state index is 12.5. The van der Waals surface area contributed by atoms with Crippen molar-refractivity contribution in [3.63, 3.8) is 0 Å². The van der Waals surface area contributed by atoms with Gasteiger partial charge < -0.3 is 0 Å². The number of fused-ring (bicyclic) bond motifs is 1. The van der Waals surface area contributed by atoms with Crippen LogP contribution in [0.4, 0.5) is 18.9 Å². The van der Waals surface area contributed by atoms with Crippen molar-refractivity contribution in [1.29, 1.82) is 0 Å². The summed E-state index contributed by atoms with van der Waals surface area (Å²) < 4.78 is 62.7. The molecule has 0 N–H and O–H groups in total. The van der Waals surface area contributed by atoms with Gasteiger partial charge in [-0.3, -0.25) is 4.31 Å². The Hall–Kier alpha value is -1.24. The van der Waals surface area contributed by atoms with Crippen molar-refractivity contribution in [2.24, 2.45) is 0 Å². The van der Waals surface area contributed by atoms with Gasteiger partial charge in [-0.05, 0) is 18.6 Å². The molecule has 0 aromatic heterocycles. The Morgan fingerprint density at radius 1 is 1.28 bits per heavy atom. The molecule has 2 rings (SSSR count). The lowest BCUT2D eigenvalue weighted by Crippen LogP contribution is -2.30. The number of anilines is 1. The summed E-state index contributed by atoms with van der Waals surface area (Å²) in [5.74, 6) is 0. The zero-order valence-electron chi connectivity index (χ0n) is 9.61. The monoisotopic (exact) mass is 279 g/mol. The minimum Gasteiger partial charge on any atom is -0.270 e. The van der Waals surface area contributed by atoms with Crippen LogP contribution in [0.5, 0.6) is 0 Å². The van der Waals surface area contributed by atoms with Gasteiger partial charge in [-0.25, -0.2) is 8.42 Å². The van der Waals surface area contributed by atoms with Crippen LogP contribution in [0.25, 0.3) is 0 Å². The predicted octanol–water partition coefficient (Wildman–Crippen LogP) is 2.85. The van der Waals surface area contributed by atoms with E-state index in [0.717, 1.165) is 4.31 Å². The summed E-state index contributed by atoms with van der Waals surface area (Å²) in [5, 5.41) is -1.52. The van der Waals surface area contributed by atoms with Crippen molar-refractivity contribution in [3.05, 3.63) is 29.8 Å². The molecule has 0 fully saturated rings. The smallest absolute Gasteiger partial charge is 0.270 e. The van der Waals surface area contributed by atoms with E-state index in [4.69, 9.17) is 0 Å². The highest BCUT2D eigenvalue weighted by Crippen LogP contribution is 2.46. The number of halogens is 3. The molecule has 0 bridgehead atoms. The highest BCUT2D eigenvalue weighted by molar-refractivity contribution is 7.93. The summed E-state index contributed by atoms with van der Waals surface area (Å²) in [6.07, 6.45) is -5.85. The molecule has 1 aliphatic heterocycles. The van der Waals surface area contributed by atoms with Gasteiger partial charge in [-0.15, -0.1) is 0 Å². The second-order valence-electron chi connectivity index (χ2n) is 4.08. The largest absolute Gasteiger partial charge is 0.390 e. The lowest BCUT2D eigenvalue weighted by molar-refractivity contribution is -0.134. The second-order valence-corrected chi connectivity index (χ2v) is 6.12. The molecule has 0 saturated carbocycles. The summed E-state index contributed by atoms with van der Waals surface area (Å²) in [7, 11) is -3.96. The Morgan fingerprint density at radius 2 is 1.89 bits per heavy atom. The summed E-state index contributed by atoms with van der Waals surface area (Å²) in [5.41, 5.74) is 0.589. The fourth-order valence-electron chi connectivity index (χ4n) is 2.21. The summed E-state index contributed by atoms with van der Waals surface area (Å²) in [6.45, 7) is 1.73. The number of alkyl halides is 3. The van der Waals surface area contributed by atoms with E-state index in [9.17, 15) is 21.6 Å². The van der Waals surface area contributed by atoms with Crippen molar-refractivity contribution in [2.45, 2.75) is 24.8 Å². The molecule has 0 amide bonds. The van der Waals surface area contributed by atoms with Gasteiger partial charge in [0, 0.05) is 6.54 Å². The molecule has 0 aliphatic carbocycles. The summed E-state index contributed by atoms with van der Waals surface area (Å²) >= 11 is 0. The van der Waals surface area contributed by atoms with E-state index in [1.807, 2.05) is 0 Å². The number of rotatable bonds is 2. The lowest BCUT2D eigenvalue weighted by Gasteiger charge is -2.18. The van der Waals surface area contributed by atoms with E-state index in [1.54, 1.807) is 19.1 Å². The van der Waals surface area contributed by atoms with Gasteiger partial charge in [0.25, 0.3) is 0 Å². The molecule has 3 nitrogen and oxygen atoms in total. The summed E-state index contributed by atoms with van der Waals surface area (Å²) in [4.78, 5) is 0. The van der Waals surface area contributed by atoms with Crippen LogP contribution in [-0.2, 0) is 10.0 Å². The second kappa shape index (κ2) is 4.15. The molecule has 100 valence electrons. The third-order valence-corrected chi connectivity index (χ3v) is 5.13. The molecule has 0 saturated heterocycles. The first-order valence-corrected chi connectivity index (χ1v) is 6.95. The van der Waals surface area contributed by atoms with Gasteiger partial charge in [0.05, 0.1) is 12.1 Å². The molecule has 0 radical (unpaired) electrons. The van der Waals surface area contributed by atoms with E-state index in [-0.39, 0.29) is 12.1 Å². The third-order valence-electron chi connectivity index (χ3n) is 2.92. The Labute approximate surface area is 103 Å². The number of sulfonamides is 1. The van der Waals surface area contributed by atoms with E-state index in [1.165, 1.54) is 12.1 Å². The highest BCUT2D eigenvalue weighted by atomic mass is 32.2. The van der Waals surface area contributed by atoms with Gasteiger partial charge >= 0.3 is 6.18 Å². The number of benzene rings is 1. The molecular weight excluding hydrogens is 267 g/mol. The summed E-state index contributed by atoms with van der Waals surface area (Å²) in [6, 6.07) is 6.15. The zero-order chi connectivity index (χ0) is 13.6. The van der Waals surface area contributed by atoms with E-state index < -0.39 is 27.9 Å².